The van der Waals surface area contributed by atoms with Crippen LogP contribution in [0.25, 0.3) is 0 Å². The van der Waals surface area contributed by atoms with Crippen LogP contribution in [0.3, 0.4) is 0 Å². The molecule has 2 atom stereocenters. The van der Waals surface area contributed by atoms with Gasteiger partial charge < -0.3 is 10.6 Å². The third kappa shape index (κ3) is 4.86. The van der Waals surface area contributed by atoms with Crippen molar-refractivity contribution in [3.8, 4) is 0 Å². The molecule has 0 radical (unpaired) electrons. The van der Waals surface area contributed by atoms with Crippen molar-refractivity contribution in [2.75, 3.05) is 5.32 Å². The summed E-state index contributed by atoms with van der Waals surface area (Å²) >= 11 is 11.5. The Labute approximate surface area is 208 Å². The maximum Gasteiger partial charge on any atom is 0.416 e. The summed E-state index contributed by atoms with van der Waals surface area (Å²) in [7, 11) is 0. The first-order chi connectivity index (χ1) is 16.5. The Morgan fingerprint density at radius 3 is 2.26 bits per heavy atom. The molecule has 35 heavy (non-hydrogen) atoms. The van der Waals surface area contributed by atoms with Gasteiger partial charge in [-0.15, -0.1) is 0 Å². The third-order valence-corrected chi connectivity index (χ3v) is 6.51. The van der Waals surface area contributed by atoms with Crippen molar-refractivity contribution < 1.29 is 27.2 Å². The van der Waals surface area contributed by atoms with Crippen LogP contribution in [0.2, 0.25) is 10.0 Å². The van der Waals surface area contributed by atoms with Gasteiger partial charge in [-0.3, -0.25) is 9.59 Å². The van der Waals surface area contributed by atoms with Crippen LogP contribution in [0.15, 0.2) is 66.7 Å². The van der Waals surface area contributed by atoms with Crippen LogP contribution in [-0.4, -0.2) is 11.8 Å². The molecule has 0 bridgehead atoms. The molecule has 0 aliphatic carbocycles. The normalized spacial score (nSPS) is 21.0. The van der Waals surface area contributed by atoms with Crippen LogP contribution in [0, 0.1) is 5.82 Å². The maximum atomic E-state index is 13.9. The van der Waals surface area contributed by atoms with Crippen LogP contribution in [0.1, 0.15) is 35.6 Å². The van der Waals surface area contributed by atoms with Crippen molar-refractivity contribution in [3.05, 3.63) is 99.3 Å². The number of hydrogen-bond acceptors (Lipinski definition) is 2. The molecule has 3 aromatic rings. The van der Waals surface area contributed by atoms with E-state index in [2.05, 4.69) is 10.6 Å². The summed E-state index contributed by atoms with van der Waals surface area (Å²) in [6.45, 7) is 0. The molecule has 4 nitrogen and oxygen atoms in total. The molecule has 182 valence electrons. The van der Waals surface area contributed by atoms with E-state index >= 15 is 0 Å². The van der Waals surface area contributed by atoms with Crippen LogP contribution < -0.4 is 10.6 Å². The number of hydrogen-bond donors (Lipinski definition) is 2. The number of fused-ring (bicyclic) bond motifs is 2. The molecule has 1 saturated heterocycles. The van der Waals surface area contributed by atoms with Gasteiger partial charge in [-0.1, -0.05) is 47.5 Å². The smallest absolute Gasteiger partial charge is 0.348 e. The molecule has 10 heteroatoms. The summed E-state index contributed by atoms with van der Waals surface area (Å²) < 4.78 is 54.7. The molecule has 5 rings (SSSR count). The number of carbonyl (C=O) groups is 2. The Morgan fingerprint density at radius 1 is 0.914 bits per heavy atom. The van der Waals surface area contributed by atoms with Crippen molar-refractivity contribution in [1.82, 2.24) is 5.32 Å². The minimum absolute atomic E-state index is 0.0161. The Kier molecular flexibility index (Phi) is 6.79. The molecule has 2 aliphatic heterocycles. The van der Waals surface area contributed by atoms with E-state index in [1.807, 2.05) is 30.3 Å². The quantitative estimate of drug-likeness (QED) is 0.349. The highest BCUT2D eigenvalue weighted by Crippen LogP contribution is 2.53. The summed E-state index contributed by atoms with van der Waals surface area (Å²) in [4.78, 5) is 25.0. The van der Waals surface area contributed by atoms with Crippen molar-refractivity contribution in [1.29, 1.82) is 0 Å². The monoisotopic (exact) mass is 524 g/mol. The van der Waals surface area contributed by atoms with Gasteiger partial charge in [0.15, 0.2) is 0 Å². The predicted molar refractivity (Wildman–Crippen MR) is 125 cm³/mol. The third-order valence-electron chi connectivity index (χ3n) is 6.02. The van der Waals surface area contributed by atoms with Gasteiger partial charge in [0.05, 0.1) is 11.6 Å². The minimum Gasteiger partial charge on any atom is -0.348 e. The van der Waals surface area contributed by atoms with Crippen molar-refractivity contribution in [2.45, 2.75) is 30.5 Å². The first-order valence-electron chi connectivity index (χ1n) is 10.5. The maximum absolute atomic E-state index is 13.9. The SMILES string of the molecule is Clc1ccccc1.O=C1CC[C@]2(C(=O)Nc3cc(Cl)ccc32)[C@@H](c2cc(F)ccc2C(F)(F)F)N1. The van der Waals surface area contributed by atoms with Gasteiger partial charge in [0.2, 0.25) is 11.8 Å². The predicted octanol–water partition coefficient (Wildman–Crippen LogP) is 6.68. The van der Waals surface area contributed by atoms with Crippen molar-refractivity contribution in [3.63, 3.8) is 0 Å². The fraction of sp³-hybridized carbons (Fsp3) is 0.200. The van der Waals surface area contributed by atoms with E-state index in [1.54, 1.807) is 6.07 Å². The molecular weight excluding hydrogens is 507 g/mol. The summed E-state index contributed by atoms with van der Waals surface area (Å²) in [5.74, 6) is -1.97. The van der Waals surface area contributed by atoms with E-state index in [9.17, 15) is 27.2 Å². The first-order valence-corrected chi connectivity index (χ1v) is 11.3. The number of alkyl halides is 3. The highest BCUT2D eigenvalue weighted by atomic mass is 35.5. The van der Waals surface area contributed by atoms with E-state index in [-0.39, 0.29) is 12.8 Å². The summed E-state index contributed by atoms with van der Waals surface area (Å²) in [5, 5.41) is 6.26. The summed E-state index contributed by atoms with van der Waals surface area (Å²) in [5.41, 5.74) is -2.30. The number of rotatable bonds is 1. The lowest BCUT2D eigenvalue weighted by Gasteiger charge is -2.41. The van der Waals surface area contributed by atoms with Crippen LogP contribution in [-0.2, 0) is 21.2 Å². The zero-order chi connectivity index (χ0) is 25.4. The largest absolute Gasteiger partial charge is 0.416 e. The molecule has 3 aromatic carbocycles. The molecule has 0 unspecified atom stereocenters. The Bertz CT molecular complexity index is 1280. The molecule has 2 aliphatic rings. The topological polar surface area (TPSA) is 58.2 Å². The van der Waals surface area contributed by atoms with Gasteiger partial charge in [0, 0.05) is 22.2 Å². The number of halogens is 6. The first kappa shape index (κ1) is 25.0. The van der Waals surface area contributed by atoms with Crippen molar-refractivity contribution >= 4 is 40.7 Å². The van der Waals surface area contributed by atoms with E-state index in [0.717, 1.165) is 11.1 Å². The van der Waals surface area contributed by atoms with E-state index in [4.69, 9.17) is 23.2 Å². The number of carbonyl (C=O) groups excluding carboxylic acids is 2. The average molecular weight is 525 g/mol. The standard InChI is InChI=1S/C19H13ClF4N2O2.C6H5Cl/c20-9-1-3-13-14(7-9)25-17(28)18(13)6-5-15(27)26-16(18)11-8-10(21)2-4-12(11)19(22,23)24;7-6-4-2-1-3-5-6/h1-4,7-8,16H,5-6H2,(H,25,28)(H,26,27);1-5H/t16-,18-;/m1./s1. The zero-order valence-electron chi connectivity index (χ0n) is 17.9. The number of anilines is 1. The van der Waals surface area contributed by atoms with Gasteiger partial charge >= 0.3 is 6.18 Å². The minimum atomic E-state index is -4.79. The number of nitrogens with one attached hydrogen (secondary N) is 2. The van der Waals surface area contributed by atoms with Crippen LogP contribution in [0.4, 0.5) is 23.2 Å². The Balaban J connectivity index is 0.000000356. The lowest BCUT2D eigenvalue weighted by atomic mass is 9.67. The Hall–Kier alpha value is -3.10. The van der Waals surface area contributed by atoms with E-state index in [0.29, 0.717) is 28.4 Å². The van der Waals surface area contributed by atoms with E-state index in [1.165, 1.54) is 12.1 Å². The number of piperidine rings is 1. The van der Waals surface area contributed by atoms with Gasteiger partial charge in [0.1, 0.15) is 11.2 Å². The highest BCUT2D eigenvalue weighted by Gasteiger charge is 2.56. The second kappa shape index (κ2) is 9.51. The van der Waals surface area contributed by atoms with Gasteiger partial charge in [-0.05, 0) is 60.0 Å². The molecule has 2 heterocycles. The van der Waals surface area contributed by atoms with Crippen molar-refractivity contribution in [2.24, 2.45) is 0 Å². The molecular formula is C25H18Cl2F4N2O2. The fourth-order valence-electron chi connectivity index (χ4n) is 4.50. The van der Waals surface area contributed by atoms with Gasteiger partial charge in [-0.25, -0.2) is 4.39 Å². The number of amides is 2. The average Bonchev–Trinajstić information content (AvgIpc) is 3.06. The summed E-state index contributed by atoms with van der Waals surface area (Å²) in [6, 6.07) is 14.7. The molecule has 2 amide bonds. The van der Waals surface area contributed by atoms with E-state index < -0.39 is 46.4 Å². The second-order valence-corrected chi connectivity index (χ2v) is 9.01. The van der Waals surface area contributed by atoms with Gasteiger partial charge in [-0.2, -0.15) is 13.2 Å². The molecule has 1 spiro atoms. The summed E-state index contributed by atoms with van der Waals surface area (Å²) in [6.07, 6.45) is -4.86. The molecule has 2 N–H and O–H groups in total. The lowest BCUT2D eigenvalue weighted by Crippen LogP contribution is -2.53. The second-order valence-electron chi connectivity index (χ2n) is 8.14. The molecule has 0 saturated carbocycles. The molecule has 1 fully saturated rings. The van der Waals surface area contributed by atoms with Crippen LogP contribution in [0.5, 0.6) is 0 Å². The molecule has 0 aromatic heterocycles. The number of benzene rings is 3. The van der Waals surface area contributed by atoms with Gasteiger partial charge in [0.25, 0.3) is 0 Å². The highest BCUT2D eigenvalue weighted by molar-refractivity contribution is 6.31. The fourth-order valence-corrected chi connectivity index (χ4v) is 4.82. The lowest BCUT2D eigenvalue weighted by molar-refractivity contribution is -0.140. The Morgan fingerprint density at radius 2 is 1.63 bits per heavy atom. The zero-order valence-corrected chi connectivity index (χ0v) is 19.4. The van der Waals surface area contributed by atoms with Crippen LogP contribution >= 0.6 is 23.2 Å².